The standard InChI is InChI=1S/C13H23N5O2/c1-4-18(8-11(19)15-9(2)3)13-17-16-12(20-13)7-14-10-5-6-10/h9-10,14H,4-8H2,1-3H3,(H,15,19). The Morgan fingerprint density at radius 3 is 2.80 bits per heavy atom. The molecule has 1 fully saturated rings. The molecule has 1 aliphatic rings. The zero-order chi connectivity index (χ0) is 14.5. The maximum absolute atomic E-state index is 11.8. The van der Waals surface area contributed by atoms with Crippen LogP contribution in [0.15, 0.2) is 4.42 Å². The lowest BCUT2D eigenvalue weighted by Gasteiger charge is -2.18. The van der Waals surface area contributed by atoms with E-state index in [2.05, 4.69) is 20.8 Å². The fourth-order valence-corrected chi connectivity index (χ4v) is 1.82. The summed E-state index contributed by atoms with van der Waals surface area (Å²) in [5.41, 5.74) is 0. The van der Waals surface area contributed by atoms with Gasteiger partial charge in [0.05, 0.1) is 6.54 Å². The molecule has 1 amide bonds. The first kappa shape index (κ1) is 14.8. The van der Waals surface area contributed by atoms with Gasteiger partial charge in [-0.1, -0.05) is 5.10 Å². The molecule has 0 spiro atoms. The predicted molar refractivity (Wildman–Crippen MR) is 75.3 cm³/mol. The summed E-state index contributed by atoms with van der Waals surface area (Å²) >= 11 is 0. The van der Waals surface area contributed by atoms with Crippen LogP contribution in [0.2, 0.25) is 0 Å². The molecule has 7 heteroatoms. The van der Waals surface area contributed by atoms with Crippen LogP contribution in [0.25, 0.3) is 0 Å². The highest BCUT2D eigenvalue weighted by Gasteiger charge is 2.22. The number of rotatable bonds is 8. The van der Waals surface area contributed by atoms with Crippen LogP contribution in [0.1, 0.15) is 39.5 Å². The minimum absolute atomic E-state index is 0.0438. The van der Waals surface area contributed by atoms with E-state index < -0.39 is 0 Å². The van der Waals surface area contributed by atoms with E-state index in [9.17, 15) is 4.79 Å². The van der Waals surface area contributed by atoms with Crippen molar-refractivity contribution in [3.8, 4) is 0 Å². The summed E-state index contributed by atoms with van der Waals surface area (Å²) in [7, 11) is 0. The average Bonchev–Trinajstić information content (AvgIpc) is 3.10. The monoisotopic (exact) mass is 281 g/mol. The molecule has 1 aliphatic carbocycles. The van der Waals surface area contributed by atoms with E-state index >= 15 is 0 Å². The van der Waals surface area contributed by atoms with Gasteiger partial charge in [0.25, 0.3) is 0 Å². The van der Waals surface area contributed by atoms with Crippen molar-refractivity contribution in [1.29, 1.82) is 0 Å². The summed E-state index contributed by atoms with van der Waals surface area (Å²) < 4.78 is 5.58. The summed E-state index contributed by atoms with van der Waals surface area (Å²) in [6.45, 7) is 7.28. The first-order valence-corrected chi connectivity index (χ1v) is 7.18. The van der Waals surface area contributed by atoms with E-state index in [0.29, 0.717) is 31.0 Å². The first-order chi connectivity index (χ1) is 9.58. The lowest BCUT2D eigenvalue weighted by Crippen LogP contribution is -2.40. The van der Waals surface area contributed by atoms with Crippen LogP contribution in [0.4, 0.5) is 6.01 Å². The van der Waals surface area contributed by atoms with E-state index in [1.807, 2.05) is 20.8 Å². The average molecular weight is 281 g/mol. The Bertz CT molecular complexity index is 442. The van der Waals surface area contributed by atoms with Gasteiger partial charge in [0.15, 0.2) is 0 Å². The molecule has 0 atom stereocenters. The highest BCUT2D eigenvalue weighted by Crippen LogP contribution is 2.19. The Labute approximate surface area is 119 Å². The maximum atomic E-state index is 11.8. The number of carbonyl (C=O) groups is 1. The van der Waals surface area contributed by atoms with Crippen LogP contribution >= 0.6 is 0 Å². The number of hydrogen-bond donors (Lipinski definition) is 2. The quantitative estimate of drug-likeness (QED) is 0.729. The van der Waals surface area contributed by atoms with Crippen molar-refractivity contribution < 1.29 is 9.21 Å². The molecule has 112 valence electrons. The molecule has 2 N–H and O–H groups in total. The Hall–Kier alpha value is -1.63. The fourth-order valence-electron chi connectivity index (χ4n) is 1.82. The van der Waals surface area contributed by atoms with Crippen LogP contribution in [0, 0.1) is 0 Å². The molecule has 2 rings (SSSR count). The maximum Gasteiger partial charge on any atom is 0.318 e. The number of anilines is 1. The second kappa shape index (κ2) is 6.69. The summed E-state index contributed by atoms with van der Waals surface area (Å²) in [5.74, 6) is 0.521. The number of carbonyl (C=O) groups excluding carboxylic acids is 1. The van der Waals surface area contributed by atoms with Gasteiger partial charge in [0.2, 0.25) is 11.8 Å². The lowest BCUT2D eigenvalue weighted by atomic mass is 10.4. The predicted octanol–water partition coefficient (Wildman–Crippen LogP) is 0.672. The molecule has 1 saturated carbocycles. The molecule has 1 heterocycles. The number of hydrogen-bond acceptors (Lipinski definition) is 6. The Morgan fingerprint density at radius 1 is 1.45 bits per heavy atom. The molecule has 0 aliphatic heterocycles. The van der Waals surface area contributed by atoms with E-state index in [-0.39, 0.29) is 18.5 Å². The number of nitrogens with zero attached hydrogens (tertiary/aromatic N) is 3. The number of likely N-dealkylation sites (N-methyl/N-ethyl adjacent to an activating group) is 1. The van der Waals surface area contributed by atoms with Gasteiger partial charge >= 0.3 is 6.01 Å². The minimum Gasteiger partial charge on any atom is -0.407 e. The summed E-state index contributed by atoms with van der Waals surface area (Å²) in [6, 6.07) is 1.13. The van der Waals surface area contributed by atoms with Crippen molar-refractivity contribution >= 4 is 11.9 Å². The zero-order valence-corrected chi connectivity index (χ0v) is 12.3. The second-order valence-electron chi connectivity index (χ2n) is 5.37. The van der Waals surface area contributed by atoms with Crippen molar-refractivity contribution in [2.45, 2.75) is 52.2 Å². The van der Waals surface area contributed by atoms with Gasteiger partial charge in [0, 0.05) is 18.6 Å². The molecule has 20 heavy (non-hydrogen) atoms. The van der Waals surface area contributed by atoms with E-state index in [1.54, 1.807) is 4.90 Å². The van der Waals surface area contributed by atoms with Crippen LogP contribution in [-0.4, -0.2) is 41.3 Å². The van der Waals surface area contributed by atoms with Crippen molar-refractivity contribution in [3.63, 3.8) is 0 Å². The second-order valence-corrected chi connectivity index (χ2v) is 5.37. The molecule has 1 aromatic heterocycles. The number of nitrogens with one attached hydrogen (secondary N) is 2. The smallest absolute Gasteiger partial charge is 0.318 e. The third kappa shape index (κ3) is 4.48. The SMILES string of the molecule is CCN(CC(=O)NC(C)C)c1nnc(CNC2CC2)o1. The molecular weight excluding hydrogens is 258 g/mol. The van der Waals surface area contributed by atoms with Gasteiger partial charge in [-0.3, -0.25) is 4.79 Å². The van der Waals surface area contributed by atoms with Crippen LogP contribution in [-0.2, 0) is 11.3 Å². The highest BCUT2D eigenvalue weighted by atomic mass is 16.4. The molecular formula is C13H23N5O2. The van der Waals surface area contributed by atoms with Gasteiger partial charge in [-0.25, -0.2) is 0 Å². The van der Waals surface area contributed by atoms with Gasteiger partial charge in [-0.15, -0.1) is 5.10 Å². The molecule has 0 bridgehead atoms. The van der Waals surface area contributed by atoms with Crippen molar-refractivity contribution in [2.75, 3.05) is 18.0 Å². The number of amides is 1. The molecule has 0 saturated heterocycles. The van der Waals surface area contributed by atoms with E-state index in [4.69, 9.17) is 4.42 Å². The molecule has 7 nitrogen and oxygen atoms in total. The van der Waals surface area contributed by atoms with E-state index in [1.165, 1.54) is 12.8 Å². The summed E-state index contributed by atoms with van der Waals surface area (Å²) in [4.78, 5) is 13.5. The van der Waals surface area contributed by atoms with Crippen LogP contribution in [0.5, 0.6) is 0 Å². The first-order valence-electron chi connectivity index (χ1n) is 7.18. The van der Waals surface area contributed by atoms with Crippen molar-refractivity contribution in [3.05, 3.63) is 5.89 Å². The summed E-state index contributed by atoms with van der Waals surface area (Å²) in [5, 5.41) is 14.2. The molecule has 1 aromatic rings. The lowest BCUT2D eigenvalue weighted by molar-refractivity contribution is -0.120. The zero-order valence-electron chi connectivity index (χ0n) is 12.3. The Balaban J connectivity index is 1.87. The molecule has 0 unspecified atom stereocenters. The van der Waals surface area contributed by atoms with Gasteiger partial charge in [0.1, 0.15) is 6.54 Å². The largest absolute Gasteiger partial charge is 0.407 e. The van der Waals surface area contributed by atoms with Crippen molar-refractivity contribution in [1.82, 2.24) is 20.8 Å². The Kier molecular flexibility index (Phi) is 4.94. The third-order valence-electron chi connectivity index (χ3n) is 3.01. The van der Waals surface area contributed by atoms with Gasteiger partial charge in [-0.2, -0.15) is 0 Å². The minimum atomic E-state index is -0.0438. The molecule has 0 radical (unpaired) electrons. The highest BCUT2D eigenvalue weighted by molar-refractivity contribution is 5.80. The Morgan fingerprint density at radius 2 is 2.20 bits per heavy atom. The van der Waals surface area contributed by atoms with E-state index in [0.717, 1.165) is 0 Å². The van der Waals surface area contributed by atoms with Crippen LogP contribution in [0.3, 0.4) is 0 Å². The van der Waals surface area contributed by atoms with Gasteiger partial charge in [-0.05, 0) is 33.6 Å². The van der Waals surface area contributed by atoms with Gasteiger partial charge < -0.3 is 20.0 Å². The molecule has 0 aromatic carbocycles. The van der Waals surface area contributed by atoms with Crippen molar-refractivity contribution in [2.24, 2.45) is 0 Å². The third-order valence-corrected chi connectivity index (χ3v) is 3.01. The normalized spacial score (nSPS) is 14.6. The number of aromatic nitrogens is 2. The summed E-state index contributed by atoms with van der Waals surface area (Å²) in [6.07, 6.45) is 2.44. The topological polar surface area (TPSA) is 83.3 Å². The fraction of sp³-hybridized carbons (Fsp3) is 0.769. The van der Waals surface area contributed by atoms with Crippen LogP contribution < -0.4 is 15.5 Å².